The van der Waals surface area contributed by atoms with Crippen molar-refractivity contribution in [3.63, 3.8) is 0 Å². The molecule has 0 atom stereocenters. The van der Waals surface area contributed by atoms with Crippen LogP contribution in [0.25, 0.3) is 0 Å². The van der Waals surface area contributed by atoms with Crippen LogP contribution in [-0.2, 0) is 9.53 Å². The molecule has 0 spiro atoms. The van der Waals surface area contributed by atoms with Gasteiger partial charge in [0.2, 0.25) is 0 Å². The molecule has 2 aromatic rings. The Kier molecular flexibility index (Phi) is 5.20. The molecule has 0 saturated heterocycles. The van der Waals surface area contributed by atoms with Crippen molar-refractivity contribution in [1.29, 1.82) is 0 Å². The van der Waals surface area contributed by atoms with Crippen molar-refractivity contribution >= 4 is 40.8 Å². The number of ether oxygens (including phenoxy) is 1. The predicted molar refractivity (Wildman–Crippen MR) is 81.8 cm³/mol. The summed E-state index contributed by atoms with van der Waals surface area (Å²) in [6.07, 6.45) is 0. The van der Waals surface area contributed by atoms with Gasteiger partial charge in [-0.05, 0) is 30.3 Å². The maximum absolute atomic E-state index is 11.8. The molecule has 1 N–H and O–H groups in total. The summed E-state index contributed by atoms with van der Waals surface area (Å²) in [5.74, 6) is -1.11. The van der Waals surface area contributed by atoms with E-state index in [4.69, 9.17) is 27.9 Å². The fourth-order valence-corrected chi connectivity index (χ4v) is 2.07. The van der Waals surface area contributed by atoms with Crippen LogP contribution >= 0.6 is 23.2 Å². The molecular weight excluding hydrogens is 313 g/mol. The molecule has 1 amide bonds. The van der Waals surface area contributed by atoms with Crippen molar-refractivity contribution < 1.29 is 14.3 Å². The Balaban J connectivity index is 1.90. The molecule has 0 bridgehead atoms. The standard InChI is InChI=1S/C15H11Cl2NO3/c16-10-6-7-12(13(17)8-10)15(20)21-9-14(19)18-11-4-2-1-3-5-11/h1-8H,9H2,(H,18,19). The number of amides is 1. The van der Waals surface area contributed by atoms with Gasteiger partial charge < -0.3 is 10.1 Å². The summed E-state index contributed by atoms with van der Waals surface area (Å²) in [6.45, 7) is -0.396. The zero-order chi connectivity index (χ0) is 15.2. The van der Waals surface area contributed by atoms with Crippen LogP contribution in [0.5, 0.6) is 0 Å². The Hall–Kier alpha value is -2.04. The number of esters is 1. The van der Waals surface area contributed by atoms with Gasteiger partial charge >= 0.3 is 5.97 Å². The lowest BCUT2D eigenvalue weighted by molar-refractivity contribution is -0.119. The van der Waals surface area contributed by atoms with Gasteiger partial charge in [-0.3, -0.25) is 4.79 Å². The van der Waals surface area contributed by atoms with E-state index in [0.717, 1.165) is 0 Å². The molecule has 0 fully saturated rings. The van der Waals surface area contributed by atoms with Crippen molar-refractivity contribution in [3.05, 3.63) is 64.1 Å². The van der Waals surface area contributed by atoms with Crippen LogP contribution in [0.3, 0.4) is 0 Å². The van der Waals surface area contributed by atoms with Crippen molar-refractivity contribution in [2.75, 3.05) is 11.9 Å². The summed E-state index contributed by atoms with van der Waals surface area (Å²) in [5.41, 5.74) is 0.789. The minimum Gasteiger partial charge on any atom is -0.452 e. The van der Waals surface area contributed by atoms with Gasteiger partial charge in [0.15, 0.2) is 6.61 Å². The van der Waals surface area contributed by atoms with E-state index in [1.807, 2.05) is 6.07 Å². The number of carbonyl (C=O) groups is 2. The van der Waals surface area contributed by atoms with Crippen molar-refractivity contribution in [2.45, 2.75) is 0 Å². The fourth-order valence-electron chi connectivity index (χ4n) is 1.58. The molecule has 0 heterocycles. The molecule has 2 aromatic carbocycles. The monoisotopic (exact) mass is 323 g/mol. The maximum atomic E-state index is 11.8. The minimum atomic E-state index is -0.681. The van der Waals surface area contributed by atoms with Crippen LogP contribution < -0.4 is 5.32 Å². The van der Waals surface area contributed by atoms with Crippen LogP contribution in [0.2, 0.25) is 10.0 Å². The van der Waals surface area contributed by atoms with Gasteiger partial charge in [0.25, 0.3) is 5.91 Å². The molecule has 0 aliphatic rings. The molecule has 0 aromatic heterocycles. The smallest absolute Gasteiger partial charge is 0.340 e. The van der Waals surface area contributed by atoms with Crippen LogP contribution in [0, 0.1) is 0 Å². The Labute approximate surface area is 131 Å². The first kappa shape index (κ1) is 15.4. The number of anilines is 1. The third-order valence-electron chi connectivity index (χ3n) is 2.54. The van der Waals surface area contributed by atoms with E-state index in [0.29, 0.717) is 10.7 Å². The van der Waals surface area contributed by atoms with Gasteiger partial charge in [-0.25, -0.2) is 4.79 Å². The lowest BCUT2D eigenvalue weighted by Crippen LogP contribution is -2.21. The largest absolute Gasteiger partial charge is 0.452 e. The second kappa shape index (κ2) is 7.11. The highest BCUT2D eigenvalue weighted by Crippen LogP contribution is 2.21. The molecule has 0 saturated carbocycles. The van der Waals surface area contributed by atoms with E-state index in [9.17, 15) is 9.59 Å². The molecule has 0 aliphatic heterocycles. The van der Waals surface area contributed by atoms with Crippen LogP contribution in [-0.4, -0.2) is 18.5 Å². The average molecular weight is 324 g/mol. The molecule has 6 heteroatoms. The second-order valence-corrected chi connectivity index (χ2v) is 4.96. The number of rotatable bonds is 4. The molecule has 0 radical (unpaired) electrons. The van der Waals surface area contributed by atoms with Gasteiger partial charge in [0.1, 0.15) is 0 Å². The van der Waals surface area contributed by atoms with Gasteiger partial charge in [0.05, 0.1) is 10.6 Å². The zero-order valence-corrected chi connectivity index (χ0v) is 12.3. The normalized spacial score (nSPS) is 10.0. The highest BCUT2D eigenvalue weighted by Gasteiger charge is 2.14. The Morgan fingerprint density at radius 2 is 1.76 bits per heavy atom. The number of benzene rings is 2. The number of nitrogens with one attached hydrogen (secondary N) is 1. The molecule has 108 valence electrons. The van der Waals surface area contributed by atoms with Gasteiger partial charge in [-0.15, -0.1) is 0 Å². The molecule has 0 aliphatic carbocycles. The van der Waals surface area contributed by atoms with E-state index in [-0.39, 0.29) is 10.6 Å². The number of para-hydroxylation sites is 1. The highest BCUT2D eigenvalue weighted by molar-refractivity contribution is 6.36. The first-order valence-corrected chi connectivity index (χ1v) is 6.79. The van der Waals surface area contributed by atoms with E-state index >= 15 is 0 Å². The topological polar surface area (TPSA) is 55.4 Å². The van der Waals surface area contributed by atoms with E-state index in [2.05, 4.69) is 5.32 Å². The summed E-state index contributed by atoms with van der Waals surface area (Å²) in [5, 5.41) is 3.19. The summed E-state index contributed by atoms with van der Waals surface area (Å²) in [7, 11) is 0. The van der Waals surface area contributed by atoms with Crippen molar-refractivity contribution in [1.82, 2.24) is 0 Å². The Bertz CT molecular complexity index is 659. The number of halogens is 2. The molecule has 2 rings (SSSR count). The first-order valence-electron chi connectivity index (χ1n) is 6.03. The SMILES string of the molecule is O=C(COC(=O)c1ccc(Cl)cc1Cl)Nc1ccccc1. The minimum absolute atomic E-state index is 0.161. The summed E-state index contributed by atoms with van der Waals surface area (Å²) in [4.78, 5) is 23.4. The number of hydrogen-bond donors (Lipinski definition) is 1. The Morgan fingerprint density at radius 3 is 2.43 bits per heavy atom. The number of hydrogen-bond acceptors (Lipinski definition) is 3. The fraction of sp³-hybridized carbons (Fsp3) is 0.0667. The van der Waals surface area contributed by atoms with Gasteiger partial charge in [-0.1, -0.05) is 41.4 Å². The van der Waals surface area contributed by atoms with Crippen molar-refractivity contribution in [3.8, 4) is 0 Å². The molecular formula is C15H11Cl2NO3. The summed E-state index contributed by atoms with van der Waals surface area (Å²) >= 11 is 11.6. The highest BCUT2D eigenvalue weighted by atomic mass is 35.5. The molecule has 0 unspecified atom stereocenters. The van der Waals surface area contributed by atoms with Crippen LogP contribution in [0.4, 0.5) is 5.69 Å². The number of carbonyl (C=O) groups excluding carboxylic acids is 2. The molecule has 4 nitrogen and oxygen atoms in total. The zero-order valence-electron chi connectivity index (χ0n) is 10.8. The van der Waals surface area contributed by atoms with E-state index < -0.39 is 18.5 Å². The van der Waals surface area contributed by atoms with Crippen LogP contribution in [0.15, 0.2) is 48.5 Å². The summed E-state index contributed by atoms with van der Waals surface area (Å²) < 4.78 is 4.90. The van der Waals surface area contributed by atoms with E-state index in [1.165, 1.54) is 18.2 Å². The third kappa shape index (κ3) is 4.48. The Morgan fingerprint density at radius 1 is 1.05 bits per heavy atom. The van der Waals surface area contributed by atoms with E-state index in [1.54, 1.807) is 24.3 Å². The lowest BCUT2D eigenvalue weighted by atomic mass is 10.2. The predicted octanol–water partition coefficient (Wildman–Crippen LogP) is 3.79. The quantitative estimate of drug-likeness (QED) is 0.871. The van der Waals surface area contributed by atoms with Gasteiger partial charge in [-0.2, -0.15) is 0 Å². The van der Waals surface area contributed by atoms with Gasteiger partial charge in [0, 0.05) is 10.7 Å². The second-order valence-electron chi connectivity index (χ2n) is 4.11. The molecule has 21 heavy (non-hydrogen) atoms. The third-order valence-corrected chi connectivity index (χ3v) is 3.09. The van der Waals surface area contributed by atoms with Crippen LogP contribution in [0.1, 0.15) is 10.4 Å². The van der Waals surface area contributed by atoms with Crippen molar-refractivity contribution in [2.24, 2.45) is 0 Å². The maximum Gasteiger partial charge on any atom is 0.340 e. The summed E-state index contributed by atoms with van der Waals surface area (Å²) in [6, 6.07) is 13.3. The lowest BCUT2D eigenvalue weighted by Gasteiger charge is -2.07. The first-order chi connectivity index (χ1) is 10.1. The average Bonchev–Trinajstić information content (AvgIpc) is 2.46.